The van der Waals surface area contributed by atoms with Crippen molar-refractivity contribution in [2.75, 3.05) is 11.5 Å². The number of aromatic hydroxyl groups is 2. The molecule has 0 unspecified atom stereocenters. The number of imide groups is 1. The molecule has 4 rings (SSSR count). The number of aromatic nitrogens is 1. The van der Waals surface area contributed by atoms with Gasteiger partial charge in [-0.2, -0.15) is 26.3 Å². The maximum Gasteiger partial charge on any atom is 0.411 e. The quantitative estimate of drug-likeness (QED) is 0.151. The van der Waals surface area contributed by atoms with Gasteiger partial charge in [0, 0.05) is 6.07 Å². The number of alkyl halides is 6. The molecular formula is C22H14F6N4O5. The molecule has 37 heavy (non-hydrogen) atoms. The second kappa shape index (κ2) is 7.91. The van der Waals surface area contributed by atoms with E-state index >= 15 is 0 Å². The maximum absolute atomic E-state index is 14.5. The van der Waals surface area contributed by atoms with Gasteiger partial charge in [0.2, 0.25) is 5.41 Å². The summed E-state index contributed by atoms with van der Waals surface area (Å²) in [6.07, 6.45) is -12.1. The summed E-state index contributed by atoms with van der Waals surface area (Å²) in [5.41, 5.74) is -0.419. The minimum atomic E-state index is -6.07. The molecule has 15 heteroatoms. The zero-order valence-corrected chi connectivity index (χ0v) is 18.0. The second-order valence-electron chi connectivity index (χ2n) is 8.00. The number of hydrogen-bond donors (Lipinski definition) is 5. The SMILES string of the molecule is Nc1cc(C(c2ccc(O)c(-n3c(N)c4c(cc3=O)C(=O)NC4=O)c2)(C(F)(F)F)C(F)(F)F)ccc1O. The maximum atomic E-state index is 14.5. The van der Waals surface area contributed by atoms with Gasteiger partial charge >= 0.3 is 12.4 Å². The summed E-state index contributed by atoms with van der Waals surface area (Å²) >= 11 is 0. The summed E-state index contributed by atoms with van der Waals surface area (Å²) in [6, 6.07) is 2.88. The summed E-state index contributed by atoms with van der Waals surface area (Å²) in [7, 11) is 0. The Balaban J connectivity index is 2.10. The first-order chi connectivity index (χ1) is 17.0. The number of nitrogens with one attached hydrogen (secondary N) is 1. The lowest BCUT2D eigenvalue weighted by Gasteiger charge is -2.38. The number of benzene rings is 2. The number of halogens is 6. The fourth-order valence-corrected chi connectivity index (χ4v) is 4.23. The Morgan fingerprint density at radius 2 is 1.30 bits per heavy atom. The van der Waals surface area contributed by atoms with Gasteiger partial charge in [0.1, 0.15) is 17.3 Å². The van der Waals surface area contributed by atoms with E-state index in [9.17, 15) is 50.9 Å². The molecule has 0 bridgehead atoms. The van der Waals surface area contributed by atoms with Crippen LogP contribution in [0.3, 0.4) is 0 Å². The number of nitrogens with two attached hydrogens (primary N) is 2. The number of fused-ring (bicyclic) bond motifs is 1. The van der Waals surface area contributed by atoms with Crippen LogP contribution in [0, 0.1) is 0 Å². The van der Waals surface area contributed by atoms with Gasteiger partial charge in [-0.05, 0) is 35.4 Å². The Kier molecular flexibility index (Phi) is 5.43. The van der Waals surface area contributed by atoms with Gasteiger partial charge in [-0.15, -0.1) is 0 Å². The number of carbonyl (C=O) groups excluding carboxylic acids is 2. The van der Waals surface area contributed by atoms with Crippen molar-refractivity contribution >= 4 is 23.3 Å². The van der Waals surface area contributed by atoms with Crippen LogP contribution in [-0.4, -0.2) is 38.9 Å². The monoisotopic (exact) mass is 528 g/mol. The normalized spacial score (nSPS) is 14.0. The molecule has 0 radical (unpaired) electrons. The van der Waals surface area contributed by atoms with Gasteiger partial charge in [0.25, 0.3) is 17.4 Å². The van der Waals surface area contributed by atoms with Crippen LogP contribution in [0.15, 0.2) is 47.3 Å². The van der Waals surface area contributed by atoms with Gasteiger partial charge in [-0.25, -0.2) is 0 Å². The predicted octanol–water partition coefficient (Wildman–Crippen LogP) is 2.71. The number of nitrogens with zero attached hydrogens (tertiary/aromatic N) is 1. The minimum absolute atomic E-state index is 0.234. The Labute approximate surface area is 201 Å². The summed E-state index contributed by atoms with van der Waals surface area (Å²) in [5, 5.41) is 21.7. The number of nitrogen functional groups attached to an aromatic ring is 2. The zero-order chi connectivity index (χ0) is 27.7. The van der Waals surface area contributed by atoms with Gasteiger partial charge in [-0.1, -0.05) is 12.1 Å². The molecular weight excluding hydrogens is 514 g/mol. The van der Waals surface area contributed by atoms with E-state index in [1.807, 2.05) is 5.32 Å². The number of phenols is 2. The number of amides is 2. The van der Waals surface area contributed by atoms with E-state index in [1.165, 1.54) is 0 Å². The average Bonchev–Trinajstić information content (AvgIpc) is 3.04. The van der Waals surface area contributed by atoms with E-state index in [-0.39, 0.29) is 6.07 Å². The molecule has 7 N–H and O–H groups in total. The molecule has 0 aliphatic carbocycles. The number of rotatable bonds is 3. The Morgan fingerprint density at radius 1 is 0.757 bits per heavy atom. The highest BCUT2D eigenvalue weighted by molar-refractivity contribution is 6.23. The van der Waals surface area contributed by atoms with E-state index in [4.69, 9.17) is 11.5 Å². The highest BCUT2D eigenvalue weighted by atomic mass is 19.4. The Morgan fingerprint density at radius 3 is 1.84 bits per heavy atom. The van der Waals surface area contributed by atoms with Crippen molar-refractivity contribution in [2.45, 2.75) is 17.8 Å². The Hall–Kier alpha value is -4.69. The van der Waals surface area contributed by atoms with Crippen LogP contribution in [0.5, 0.6) is 11.5 Å². The van der Waals surface area contributed by atoms with Crippen LogP contribution in [0.1, 0.15) is 31.8 Å². The summed E-state index contributed by atoms with van der Waals surface area (Å²) in [5.74, 6) is -4.60. The molecule has 9 nitrogen and oxygen atoms in total. The highest BCUT2D eigenvalue weighted by Gasteiger charge is 2.72. The molecule has 2 amide bonds. The summed E-state index contributed by atoms with van der Waals surface area (Å²) < 4.78 is 87.1. The van der Waals surface area contributed by atoms with Gasteiger partial charge in [-0.3, -0.25) is 24.3 Å². The van der Waals surface area contributed by atoms with Crippen molar-refractivity contribution < 1.29 is 46.1 Å². The molecule has 2 aromatic carbocycles. The van der Waals surface area contributed by atoms with Crippen molar-refractivity contribution in [3.63, 3.8) is 0 Å². The largest absolute Gasteiger partial charge is 0.506 e. The molecule has 2 heterocycles. The third-order valence-electron chi connectivity index (χ3n) is 5.91. The molecule has 0 spiro atoms. The van der Waals surface area contributed by atoms with Crippen molar-refractivity contribution in [1.82, 2.24) is 9.88 Å². The first-order valence-electron chi connectivity index (χ1n) is 10.00. The molecule has 0 fully saturated rings. The van der Waals surface area contributed by atoms with Gasteiger partial charge < -0.3 is 21.7 Å². The minimum Gasteiger partial charge on any atom is -0.506 e. The number of carbonyl (C=O) groups is 2. The van der Waals surface area contributed by atoms with Crippen LogP contribution in [0.2, 0.25) is 0 Å². The van der Waals surface area contributed by atoms with E-state index in [2.05, 4.69) is 0 Å². The van der Waals surface area contributed by atoms with Crippen LogP contribution in [0.25, 0.3) is 5.69 Å². The lowest BCUT2D eigenvalue weighted by molar-refractivity contribution is -0.288. The lowest BCUT2D eigenvalue weighted by atomic mass is 9.72. The van der Waals surface area contributed by atoms with E-state index in [0.29, 0.717) is 41.0 Å². The molecule has 0 saturated carbocycles. The first-order valence-corrected chi connectivity index (χ1v) is 10.00. The lowest BCUT2D eigenvalue weighted by Crippen LogP contribution is -2.54. The molecule has 0 atom stereocenters. The number of hydrogen-bond acceptors (Lipinski definition) is 7. The Bertz CT molecular complexity index is 1530. The summed E-state index contributed by atoms with van der Waals surface area (Å²) in [4.78, 5) is 36.6. The second-order valence-corrected chi connectivity index (χ2v) is 8.00. The van der Waals surface area contributed by atoms with Crippen LogP contribution >= 0.6 is 0 Å². The third kappa shape index (κ3) is 3.53. The predicted molar refractivity (Wildman–Crippen MR) is 115 cm³/mol. The fourth-order valence-electron chi connectivity index (χ4n) is 4.23. The van der Waals surface area contributed by atoms with Crippen molar-refractivity contribution in [3.05, 3.63) is 75.1 Å². The van der Waals surface area contributed by atoms with E-state index in [0.717, 1.165) is 0 Å². The standard InChI is InChI=1S/C22H14F6N4O5/c23-21(24,25)20(22(26,27)28,8-1-3-13(33)11(29)5-8)9-2-4-14(34)12(6-9)32-15(35)7-10-16(17(32)30)19(37)31-18(10)36/h1-7,33-34H,29-30H2,(H,31,36,37). The van der Waals surface area contributed by atoms with Crippen LogP contribution < -0.4 is 22.3 Å². The topological polar surface area (TPSA) is 161 Å². The van der Waals surface area contributed by atoms with Crippen molar-refractivity contribution in [2.24, 2.45) is 0 Å². The molecule has 1 aromatic heterocycles. The number of phenolic OH excluding ortho intramolecular Hbond substituents is 2. The average molecular weight is 528 g/mol. The van der Waals surface area contributed by atoms with Crippen molar-refractivity contribution in [3.8, 4) is 17.2 Å². The summed E-state index contributed by atoms with van der Waals surface area (Å²) in [6.45, 7) is 0. The number of anilines is 2. The van der Waals surface area contributed by atoms with Gasteiger partial charge in [0.15, 0.2) is 0 Å². The van der Waals surface area contributed by atoms with Crippen LogP contribution in [0.4, 0.5) is 37.8 Å². The van der Waals surface area contributed by atoms with E-state index in [1.54, 1.807) is 0 Å². The smallest absolute Gasteiger partial charge is 0.411 e. The van der Waals surface area contributed by atoms with Gasteiger partial charge in [0.05, 0.1) is 22.5 Å². The molecule has 1 aliphatic heterocycles. The van der Waals surface area contributed by atoms with Crippen LogP contribution in [-0.2, 0) is 5.41 Å². The molecule has 194 valence electrons. The van der Waals surface area contributed by atoms with E-state index < -0.39 is 86.1 Å². The molecule has 0 saturated heterocycles. The highest BCUT2D eigenvalue weighted by Crippen LogP contribution is 2.57. The number of pyridine rings is 1. The van der Waals surface area contributed by atoms with Crippen molar-refractivity contribution in [1.29, 1.82) is 0 Å². The third-order valence-corrected chi connectivity index (χ3v) is 5.91. The molecule has 1 aliphatic rings. The zero-order valence-electron chi connectivity index (χ0n) is 18.0. The molecule has 3 aromatic rings. The first kappa shape index (κ1) is 25.4. The fraction of sp³-hybridized carbons (Fsp3) is 0.136.